The lowest BCUT2D eigenvalue weighted by atomic mass is 10.0. The Bertz CT molecular complexity index is 683. The van der Waals surface area contributed by atoms with Gasteiger partial charge >= 0.3 is 0 Å². The molecule has 1 aromatic carbocycles. The second kappa shape index (κ2) is 6.86. The van der Waals surface area contributed by atoms with E-state index in [1.54, 1.807) is 16.3 Å². The van der Waals surface area contributed by atoms with E-state index in [1.165, 1.54) is 16.6 Å². The van der Waals surface area contributed by atoms with Crippen LogP contribution in [0.5, 0.6) is 0 Å². The molecule has 1 amide bonds. The van der Waals surface area contributed by atoms with Crippen LogP contribution in [0.15, 0.2) is 46.9 Å². The smallest absolute Gasteiger partial charge is 0.253 e. The van der Waals surface area contributed by atoms with Crippen molar-refractivity contribution in [1.29, 1.82) is 0 Å². The third-order valence-electron chi connectivity index (χ3n) is 3.48. The minimum Gasteiger partial charge on any atom is -0.272 e. The Labute approximate surface area is 143 Å². The molecular weight excluding hydrogens is 336 g/mol. The van der Waals surface area contributed by atoms with Crippen LogP contribution in [0, 0.1) is 0 Å². The summed E-state index contributed by atoms with van der Waals surface area (Å²) in [5.74, 6) is 0.495. The summed E-state index contributed by atoms with van der Waals surface area (Å²) in [6.45, 7) is 0. The Morgan fingerprint density at radius 1 is 1.41 bits per heavy atom. The van der Waals surface area contributed by atoms with Gasteiger partial charge in [-0.3, -0.25) is 4.79 Å². The second-order valence-corrected chi connectivity index (χ2v) is 7.24. The minimum atomic E-state index is 0.00493. The molecule has 3 rings (SSSR count). The first-order chi connectivity index (χ1) is 10.7. The number of hydrogen-bond donors (Lipinski definition) is 0. The fourth-order valence-electron chi connectivity index (χ4n) is 2.45. The topological polar surface area (TPSA) is 32.7 Å². The van der Waals surface area contributed by atoms with Gasteiger partial charge in [0.05, 0.1) is 17.5 Å². The van der Waals surface area contributed by atoms with Gasteiger partial charge in [0, 0.05) is 16.3 Å². The average molecular weight is 351 g/mol. The van der Waals surface area contributed by atoms with Gasteiger partial charge in [-0.15, -0.1) is 11.3 Å². The van der Waals surface area contributed by atoms with Crippen molar-refractivity contribution in [2.24, 2.45) is 5.10 Å². The number of amides is 1. The van der Waals surface area contributed by atoms with E-state index in [-0.39, 0.29) is 11.9 Å². The molecule has 0 bridgehead atoms. The Morgan fingerprint density at radius 2 is 2.18 bits per heavy atom. The number of thiophene rings is 1. The molecule has 0 aliphatic carbocycles. The summed E-state index contributed by atoms with van der Waals surface area (Å²) in [6.07, 6.45) is 2.67. The molecule has 0 N–H and O–H groups in total. The van der Waals surface area contributed by atoms with Crippen LogP contribution >= 0.6 is 34.7 Å². The molecule has 2 heterocycles. The lowest BCUT2D eigenvalue weighted by molar-refractivity contribution is -0.130. The molecule has 0 radical (unpaired) electrons. The van der Waals surface area contributed by atoms with Gasteiger partial charge in [-0.2, -0.15) is 16.9 Å². The summed E-state index contributed by atoms with van der Waals surface area (Å²) >= 11 is 9.13. The molecule has 1 aromatic heterocycles. The summed E-state index contributed by atoms with van der Waals surface area (Å²) in [5, 5.41) is 8.98. The maximum Gasteiger partial charge on any atom is 0.253 e. The predicted octanol–water partition coefficient (Wildman–Crippen LogP) is 4.44. The van der Waals surface area contributed by atoms with E-state index in [9.17, 15) is 4.79 Å². The number of rotatable bonds is 4. The molecule has 0 saturated heterocycles. The molecule has 1 aliphatic heterocycles. The Hall–Kier alpha value is -1.30. The number of halogens is 1. The van der Waals surface area contributed by atoms with E-state index >= 15 is 0 Å². The number of carbonyl (C=O) groups is 1. The van der Waals surface area contributed by atoms with Crippen LogP contribution in [0.25, 0.3) is 0 Å². The second-order valence-electron chi connectivity index (χ2n) is 4.96. The number of nitrogens with zero attached hydrogens (tertiary/aromatic N) is 2. The molecule has 114 valence electrons. The fourth-order valence-corrected chi connectivity index (χ4v) is 3.77. The van der Waals surface area contributed by atoms with E-state index in [1.807, 2.05) is 42.0 Å². The van der Waals surface area contributed by atoms with Gasteiger partial charge in [-0.05, 0) is 35.4 Å². The first-order valence-electron chi connectivity index (χ1n) is 6.87. The van der Waals surface area contributed by atoms with Crippen molar-refractivity contribution in [3.63, 3.8) is 0 Å². The van der Waals surface area contributed by atoms with Gasteiger partial charge < -0.3 is 0 Å². The Balaban J connectivity index is 1.91. The van der Waals surface area contributed by atoms with E-state index in [0.29, 0.717) is 10.8 Å². The maximum absolute atomic E-state index is 12.4. The molecule has 3 nitrogen and oxygen atoms in total. The normalized spacial score (nSPS) is 17.6. The number of carbonyl (C=O) groups excluding carboxylic acids is 1. The van der Waals surface area contributed by atoms with Crippen LogP contribution in [0.1, 0.15) is 22.9 Å². The molecule has 1 atom stereocenters. The van der Waals surface area contributed by atoms with Crippen LogP contribution < -0.4 is 0 Å². The Kier molecular flexibility index (Phi) is 4.86. The highest BCUT2D eigenvalue weighted by Crippen LogP contribution is 2.35. The molecule has 0 saturated carbocycles. The first-order valence-corrected chi connectivity index (χ1v) is 9.52. The van der Waals surface area contributed by atoms with Crippen molar-refractivity contribution in [2.45, 2.75) is 12.5 Å². The largest absolute Gasteiger partial charge is 0.272 e. The fraction of sp³-hybridized carbons (Fsp3) is 0.250. The summed E-state index contributed by atoms with van der Waals surface area (Å²) in [4.78, 5) is 13.5. The summed E-state index contributed by atoms with van der Waals surface area (Å²) in [5.41, 5.74) is 1.95. The highest BCUT2D eigenvalue weighted by Gasteiger charge is 2.33. The van der Waals surface area contributed by atoms with E-state index in [2.05, 4.69) is 11.2 Å². The van der Waals surface area contributed by atoms with Gasteiger partial charge in [0.2, 0.25) is 0 Å². The number of hydrogen-bond acceptors (Lipinski definition) is 4. The quantitative estimate of drug-likeness (QED) is 0.816. The van der Waals surface area contributed by atoms with Gasteiger partial charge in [-0.1, -0.05) is 29.8 Å². The zero-order valence-corrected chi connectivity index (χ0v) is 14.4. The lowest BCUT2D eigenvalue weighted by Crippen LogP contribution is -2.28. The molecule has 22 heavy (non-hydrogen) atoms. The van der Waals surface area contributed by atoms with Gasteiger partial charge in [-0.25, -0.2) is 5.01 Å². The molecule has 6 heteroatoms. The van der Waals surface area contributed by atoms with Crippen LogP contribution in [0.3, 0.4) is 0 Å². The predicted molar refractivity (Wildman–Crippen MR) is 94.9 cm³/mol. The number of hydrazone groups is 1. The molecule has 0 spiro atoms. The highest BCUT2D eigenvalue weighted by atomic mass is 35.5. The first kappa shape index (κ1) is 15.6. The van der Waals surface area contributed by atoms with Gasteiger partial charge in [0.1, 0.15) is 0 Å². The molecule has 2 aromatic rings. The van der Waals surface area contributed by atoms with Crippen LogP contribution in [0.2, 0.25) is 5.02 Å². The van der Waals surface area contributed by atoms with E-state index < -0.39 is 0 Å². The SMILES string of the molecule is CSCC(=O)N1N=C(c2ccc(Cl)cc2)CC1c1cccs1. The summed E-state index contributed by atoms with van der Waals surface area (Å²) in [7, 11) is 0. The summed E-state index contributed by atoms with van der Waals surface area (Å²) < 4.78 is 0. The van der Waals surface area contributed by atoms with Crippen molar-refractivity contribution in [3.05, 3.63) is 57.2 Å². The van der Waals surface area contributed by atoms with E-state index in [0.717, 1.165) is 17.7 Å². The van der Waals surface area contributed by atoms with Crippen molar-refractivity contribution < 1.29 is 4.79 Å². The molecule has 1 aliphatic rings. The molecular formula is C16H15ClN2OS2. The molecule has 1 unspecified atom stereocenters. The van der Waals surface area contributed by atoms with Crippen molar-refractivity contribution in [2.75, 3.05) is 12.0 Å². The van der Waals surface area contributed by atoms with Crippen molar-refractivity contribution >= 4 is 46.3 Å². The Morgan fingerprint density at radius 3 is 2.82 bits per heavy atom. The highest BCUT2D eigenvalue weighted by molar-refractivity contribution is 7.99. The number of thioether (sulfide) groups is 1. The van der Waals surface area contributed by atoms with Crippen LogP contribution in [-0.4, -0.2) is 28.6 Å². The zero-order valence-electron chi connectivity index (χ0n) is 12.0. The van der Waals surface area contributed by atoms with Gasteiger partial charge in [0.25, 0.3) is 5.91 Å². The van der Waals surface area contributed by atoms with E-state index in [4.69, 9.17) is 11.6 Å². The monoisotopic (exact) mass is 350 g/mol. The third-order valence-corrected chi connectivity index (χ3v) is 5.24. The lowest BCUT2D eigenvalue weighted by Gasteiger charge is -2.20. The average Bonchev–Trinajstić information content (AvgIpc) is 3.17. The van der Waals surface area contributed by atoms with Crippen LogP contribution in [0.4, 0.5) is 0 Å². The zero-order chi connectivity index (χ0) is 15.5. The molecule has 0 fully saturated rings. The third kappa shape index (κ3) is 3.21. The van der Waals surface area contributed by atoms with Gasteiger partial charge in [0.15, 0.2) is 0 Å². The number of benzene rings is 1. The van der Waals surface area contributed by atoms with Crippen molar-refractivity contribution in [3.8, 4) is 0 Å². The standard InChI is InChI=1S/C16H15ClN2OS2/c1-21-10-16(20)19-14(15-3-2-8-22-15)9-13(18-19)11-4-6-12(17)7-5-11/h2-8,14H,9-10H2,1H3. The van der Waals surface area contributed by atoms with Crippen LogP contribution in [-0.2, 0) is 4.79 Å². The summed E-state index contributed by atoms with van der Waals surface area (Å²) in [6, 6.07) is 11.7. The maximum atomic E-state index is 12.4. The minimum absolute atomic E-state index is 0.00493. The van der Waals surface area contributed by atoms with Crippen molar-refractivity contribution in [1.82, 2.24) is 5.01 Å².